The summed E-state index contributed by atoms with van der Waals surface area (Å²) in [5.74, 6) is 0.459. The Labute approximate surface area is 112 Å². The van der Waals surface area contributed by atoms with Crippen molar-refractivity contribution in [2.24, 2.45) is 0 Å². The molecule has 0 fully saturated rings. The first-order valence-corrected chi connectivity index (χ1v) is 6.37. The predicted molar refractivity (Wildman–Crippen MR) is 73.2 cm³/mol. The molecule has 1 N–H and O–H groups in total. The number of imidazole rings is 1. The van der Waals surface area contributed by atoms with Crippen molar-refractivity contribution in [3.63, 3.8) is 0 Å². The van der Waals surface area contributed by atoms with Crippen LogP contribution in [0.25, 0.3) is 0 Å². The Hall–Kier alpha value is -2.11. The number of carbonyl (C=O) groups excluding carboxylic acids is 1. The summed E-state index contributed by atoms with van der Waals surface area (Å²) in [5, 5.41) is 7.00. The van der Waals surface area contributed by atoms with Gasteiger partial charge in [-0.1, -0.05) is 0 Å². The summed E-state index contributed by atoms with van der Waals surface area (Å²) >= 11 is 0. The molecule has 2 heterocycles. The first kappa shape index (κ1) is 13.3. The average molecular weight is 261 g/mol. The van der Waals surface area contributed by atoms with Crippen LogP contribution in [0.2, 0.25) is 0 Å². The van der Waals surface area contributed by atoms with Crippen LogP contribution in [-0.4, -0.2) is 25.2 Å². The number of nitrogens with zero attached hydrogens (tertiary/aromatic N) is 4. The highest BCUT2D eigenvalue weighted by atomic mass is 16.2. The third-order valence-corrected chi connectivity index (χ3v) is 2.83. The number of anilines is 1. The van der Waals surface area contributed by atoms with Crippen molar-refractivity contribution < 1.29 is 4.79 Å². The summed E-state index contributed by atoms with van der Waals surface area (Å²) in [5.41, 5.74) is 0.408. The molecule has 2 rings (SSSR count). The topological polar surface area (TPSA) is 64.7 Å². The zero-order valence-corrected chi connectivity index (χ0v) is 11.7. The molecule has 0 aliphatic heterocycles. The number of rotatable bonds is 4. The van der Waals surface area contributed by atoms with Gasteiger partial charge in [-0.15, -0.1) is 0 Å². The average Bonchev–Trinajstić information content (AvgIpc) is 2.96. The summed E-state index contributed by atoms with van der Waals surface area (Å²) in [6.07, 6.45) is 5.08. The number of aromatic nitrogens is 4. The fourth-order valence-electron chi connectivity index (χ4n) is 1.74. The van der Waals surface area contributed by atoms with Crippen molar-refractivity contribution in [1.82, 2.24) is 19.3 Å². The minimum Gasteiger partial charge on any atom is -0.334 e. The van der Waals surface area contributed by atoms with E-state index in [9.17, 15) is 4.79 Å². The van der Waals surface area contributed by atoms with E-state index in [1.165, 1.54) is 0 Å². The highest BCUT2D eigenvalue weighted by Crippen LogP contribution is 2.14. The van der Waals surface area contributed by atoms with Gasteiger partial charge in [-0.2, -0.15) is 5.10 Å². The Balaban J connectivity index is 2.14. The molecule has 0 aromatic carbocycles. The molecular weight excluding hydrogens is 242 g/mol. The lowest BCUT2D eigenvalue weighted by Crippen LogP contribution is -2.17. The van der Waals surface area contributed by atoms with E-state index in [4.69, 9.17) is 0 Å². The maximum atomic E-state index is 12.1. The third-order valence-electron chi connectivity index (χ3n) is 2.83. The standard InChI is InChI=1S/C13H19N5O/c1-9(2)17-7-11(14-8-17)13(19)16-12-5-6-15-18(12)10(3)4/h5-10H,1-4H3,(H,16,19). The zero-order valence-electron chi connectivity index (χ0n) is 11.7. The van der Waals surface area contributed by atoms with Crippen molar-refractivity contribution in [3.8, 4) is 0 Å². The quantitative estimate of drug-likeness (QED) is 0.919. The van der Waals surface area contributed by atoms with Crippen molar-refractivity contribution in [3.05, 3.63) is 30.5 Å². The molecule has 0 atom stereocenters. The van der Waals surface area contributed by atoms with Gasteiger partial charge >= 0.3 is 0 Å². The molecule has 6 heteroatoms. The molecule has 0 saturated heterocycles. The van der Waals surface area contributed by atoms with Gasteiger partial charge in [0.2, 0.25) is 0 Å². The van der Waals surface area contributed by atoms with E-state index in [0.29, 0.717) is 11.5 Å². The van der Waals surface area contributed by atoms with Gasteiger partial charge in [0.15, 0.2) is 0 Å². The molecule has 0 spiro atoms. The summed E-state index contributed by atoms with van der Waals surface area (Å²) in [6.45, 7) is 8.10. The summed E-state index contributed by atoms with van der Waals surface area (Å²) in [4.78, 5) is 16.2. The van der Waals surface area contributed by atoms with E-state index in [1.54, 1.807) is 29.5 Å². The van der Waals surface area contributed by atoms with Gasteiger partial charge in [0.1, 0.15) is 11.5 Å². The Morgan fingerprint density at radius 1 is 1.26 bits per heavy atom. The van der Waals surface area contributed by atoms with Crippen LogP contribution in [0.1, 0.15) is 50.3 Å². The molecule has 6 nitrogen and oxygen atoms in total. The Morgan fingerprint density at radius 3 is 2.58 bits per heavy atom. The normalized spacial score (nSPS) is 11.3. The Kier molecular flexibility index (Phi) is 3.69. The van der Waals surface area contributed by atoms with Crippen molar-refractivity contribution in [2.45, 2.75) is 39.8 Å². The highest BCUT2D eigenvalue weighted by Gasteiger charge is 2.14. The maximum Gasteiger partial charge on any atom is 0.276 e. The van der Waals surface area contributed by atoms with Crippen LogP contribution in [0.4, 0.5) is 5.82 Å². The first-order chi connectivity index (χ1) is 8.99. The molecule has 0 aliphatic rings. The third kappa shape index (κ3) is 2.83. The molecule has 0 unspecified atom stereocenters. The lowest BCUT2D eigenvalue weighted by molar-refractivity contribution is 0.102. The first-order valence-electron chi connectivity index (χ1n) is 6.37. The SMILES string of the molecule is CC(C)n1cnc(C(=O)Nc2ccnn2C(C)C)c1. The predicted octanol–water partition coefficient (Wildman–Crippen LogP) is 2.49. The van der Waals surface area contributed by atoms with Crippen LogP contribution in [-0.2, 0) is 0 Å². The summed E-state index contributed by atoms with van der Waals surface area (Å²) in [7, 11) is 0. The van der Waals surface area contributed by atoms with Gasteiger partial charge in [0.25, 0.3) is 5.91 Å². The summed E-state index contributed by atoms with van der Waals surface area (Å²) < 4.78 is 3.66. The van der Waals surface area contributed by atoms with Gasteiger partial charge < -0.3 is 9.88 Å². The number of amides is 1. The summed E-state index contributed by atoms with van der Waals surface area (Å²) in [6, 6.07) is 2.26. The fraction of sp³-hybridized carbons (Fsp3) is 0.462. The number of carbonyl (C=O) groups is 1. The highest BCUT2D eigenvalue weighted by molar-refractivity contribution is 6.02. The molecule has 1 amide bonds. The smallest absolute Gasteiger partial charge is 0.276 e. The van der Waals surface area contributed by atoms with Gasteiger partial charge in [-0.3, -0.25) is 4.79 Å². The molecular formula is C13H19N5O. The largest absolute Gasteiger partial charge is 0.334 e. The fourth-order valence-corrected chi connectivity index (χ4v) is 1.74. The van der Waals surface area contributed by atoms with Crippen LogP contribution in [0.3, 0.4) is 0 Å². The second-order valence-electron chi connectivity index (χ2n) is 5.01. The van der Waals surface area contributed by atoms with Crippen LogP contribution >= 0.6 is 0 Å². The van der Waals surface area contributed by atoms with Crippen LogP contribution < -0.4 is 5.32 Å². The molecule has 102 valence electrons. The molecule has 0 radical (unpaired) electrons. The van der Waals surface area contributed by atoms with Gasteiger partial charge in [0.05, 0.1) is 12.5 Å². The van der Waals surface area contributed by atoms with E-state index < -0.39 is 0 Å². The maximum absolute atomic E-state index is 12.1. The van der Waals surface area contributed by atoms with Gasteiger partial charge in [-0.05, 0) is 27.7 Å². The number of hydrogen-bond donors (Lipinski definition) is 1. The minimum atomic E-state index is -0.221. The van der Waals surface area contributed by atoms with E-state index in [2.05, 4.69) is 15.4 Å². The lowest BCUT2D eigenvalue weighted by Gasteiger charge is -2.11. The number of nitrogens with one attached hydrogen (secondary N) is 1. The van der Waals surface area contributed by atoms with Crippen LogP contribution in [0.15, 0.2) is 24.8 Å². The second-order valence-corrected chi connectivity index (χ2v) is 5.01. The van der Waals surface area contributed by atoms with Crippen LogP contribution in [0.5, 0.6) is 0 Å². The molecule has 19 heavy (non-hydrogen) atoms. The van der Waals surface area contributed by atoms with Crippen molar-refractivity contribution in [1.29, 1.82) is 0 Å². The monoisotopic (exact) mass is 261 g/mol. The molecule has 2 aromatic rings. The second kappa shape index (κ2) is 5.26. The Bertz CT molecular complexity index is 567. The zero-order chi connectivity index (χ0) is 14.0. The molecule has 0 aliphatic carbocycles. The molecule has 0 bridgehead atoms. The van der Waals surface area contributed by atoms with Gasteiger partial charge in [-0.25, -0.2) is 9.67 Å². The van der Waals surface area contributed by atoms with E-state index in [1.807, 2.05) is 32.3 Å². The van der Waals surface area contributed by atoms with Gasteiger partial charge in [0, 0.05) is 24.3 Å². The van der Waals surface area contributed by atoms with E-state index >= 15 is 0 Å². The Morgan fingerprint density at radius 2 is 2.00 bits per heavy atom. The van der Waals surface area contributed by atoms with Crippen molar-refractivity contribution >= 4 is 11.7 Å². The number of hydrogen-bond acceptors (Lipinski definition) is 3. The molecule has 2 aromatic heterocycles. The van der Waals surface area contributed by atoms with E-state index in [0.717, 1.165) is 0 Å². The van der Waals surface area contributed by atoms with E-state index in [-0.39, 0.29) is 18.0 Å². The van der Waals surface area contributed by atoms with Crippen molar-refractivity contribution in [2.75, 3.05) is 5.32 Å². The minimum absolute atomic E-state index is 0.193. The molecule has 0 saturated carbocycles. The lowest BCUT2D eigenvalue weighted by atomic mass is 10.4. The van der Waals surface area contributed by atoms with Crippen LogP contribution in [0, 0.1) is 0 Å².